The second-order valence-electron chi connectivity index (χ2n) is 4.46. The fraction of sp³-hybridized carbons (Fsp3) is 0.0667. The summed E-state index contributed by atoms with van der Waals surface area (Å²) in [6, 6.07) is 9.59. The van der Waals surface area contributed by atoms with Crippen LogP contribution in [0.25, 0.3) is 11.1 Å². The molecule has 3 rings (SSSR count). The van der Waals surface area contributed by atoms with Gasteiger partial charge in [-0.2, -0.15) is 11.3 Å². The summed E-state index contributed by atoms with van der Waals surface area (Å²) in [4.78, 5) is 8.86. The van der Waals surface area contributed by atoms with Crippen LogP contribution in [0, 0.1) is 6.92 Å². The van der Waals surface area contributed by atoms with Crippen LogP contribution in [0.1, 0.15) is 5.69 Å². The number of rotatable bonds is 3. The van der Waals surface area contributed by atoms with Crippen molar-refractivity contribution in [2.24, 2.45) is 0 Å². The predicted octanol–water partition coefficient (Wildman–Crippen LogP) is 3.84. The van der Waals surface area contributed by atoms with Crippen LogP contribution >= 0.6 is 11.3 Å². The standard InChI is InChI=1S/C15H14N4S/c1-10-14(11-5-6-20-9-11)8-17-15(18-10)19-13-4-2-3-12(16)7-13/h2-9H,16H2,1H3,(H,17,18,19). The van der Waals surface area contributed by atoms with Crippen molar-refractivity contribution in [3.8, 4) is 11.1 Å². The average molecular weight is 282 g/mol. The van der Waals surface area contributed by atoms with Crippen molar-refractivity contribution in [3.05, 3.63) is 53.0 Å². The van der Waals surface area contributed by atoms with Crippen molar-refractivity contribution in [3.63, 3.8) is 0 Å². The highest BCUT2D eigenvalue weighted by molar-refractivity contribution is 7.08. The summed E-state index contributed by atoms with van der Waals surface area (Å²) in [6.07, 6.45) is 1.85. The molecule has 3 N–H and O–H groups in total. The number of nitrogens with zero attached hydrogens (tertiary/aromatic N) is 2. The van der Waals surface area contributed by atoms with Gasteiger partial charge in [0, 0.05) is 23.1 Å². The lowest BCUT2D eigenvalue weighted by atomic mass is 10.1. The SMILES string of the molecule is Cc1nc(Nc2cccc(N)c2)ncc1-c1ccsc1. The van der Waals surface area contributed by atoms with Gasteiger partial charge in [0.25, 0.3) is 0 Å². The average Bonchev–Trinajstić information content (AvgIpc) is 2.92. The van der Waals surface area contributed by atoms with Gasteiger partial charge < -0.3 is 11.1 Å². The molecule has 0 bridgehead atoms. The third kappa shape index (κ3) is 2.62. The molecule has 0 atom stereocenters. The molecule has 0 aliphatic carbocycles. The maximum absolute atomic E-state index is 5.75. The van der Waals surface area contributed by atoms with Crippen LogP contribution in [-0.2, 0) is 0 Å². The molecule has 1 aromatic carbocycles. The topological polar surface area (TPSA) is 63.8 Å². The Kier molecular flexibility index (Phi) is 3.35. The summed E-state index contributed by atoms with van der Waals surface area (Å²) in [5, 5.41) is 7.30. The maximum atomic E-state index is 5.75. The third-order valence-corrected chi connectivity index (χ3v) is 3.64. The van der Waals surface area contributed by atoms with E-state index in [-0.39, 0.29) is 0 Å². The molecule has 4 nitrogen and oxygen atoms in total. The molecule has 0 saturated heterocycles. The van der Waals surface area contributed by atoms with Gasteiger partial charge in [-0.05, 0) is 47.5 Å². The Morgan fingerprint density at radius 1 is 1.25 bits per heavy atom. The summed E-state index contributed by atoms with van der Waals surface area (Å²) >= 11 is 1.67. The first-order valence-corrected chi connectivity index (χ1v) is 7.15. The van der Waals surface area contributed by atoms with Gasteiger partial charge in [0.1, 0.15) is 0 Å². The summed E-state index contributed by atoms with van der Waals surface area (Å²) < 4.78 is 0. The van der Waals surface area contributed by atoms with Crippen molar-refractivity contribution < 1.29 is 0 Å². The highest BCUT2D eigenvalue weighted by atomic mass is 32.1. The zero-order valence-corrected chi connectivity index (χ0v) is 11.8. The number of aryl methyl sites for hydroxylation is 1. The van der Waals surface area contributed by atoms with Gasteiger partial charge in [0.05, 0.1) is 5.69 Å². The molecule has 0 aliphatic rings. The van der Waals surface area contributed by atoms with Crippen LogP contribution in [0.4, 0.5) is 17.3 Å². The monoisotopic (exact) mass is 282 g/mol. The first-order valence-electron chi connectivity index (χ1n) is 6.21. The number of nitrogens with two attached hydrogens (primary N) is 1. The minimum Gasteiger partial charge on any atom is -0.399 e. The number of hydrogen-bond donors (Lipinski definition) is 2. The lowest BCUT2D eigenvalue weighted by Crippen LogP contribution is -2.00. The molecule has 20 heavy (non-hydrogen) atoms. The summed E-state index contributed by atoms with van der Waals surface area (Å²) in [6.45, 7) is 1.99. The molecule has 3 aromatic rings. The fourth-order valence-electron chi connectivity index (χ4n) is 1.97. The van der Waals surface area contributed by atoms with Crippen LogP contribution in [0.2, 0.25) is 0 Å². The number of thiophene rings is 1. The van der Waals surface area contributed by atoms with Gasteiger partial charge >= 0.3 is 0 Å². The largest absolute Gasteiger partial charge is 0.399 e. The van der Waals surface area contributed by atoms with Crippen LogP contribution < -0.4 is 11.1 Å². The normalized spacial score (nSPS) is 10.4. The minimum atomic E-state index is 0.576. The van der Waals surface area contributed by atoms with E-state index in [1.165, 1.54) is 0 Å². The molecule has 0 fully saturated rings. The Bertz CT molecular complexity index is 722. The summed E-state index contributed by atoms with van der Waals surface area (Å²) in [7, 11) is 0. The molecule has 0 radical (unpaired) electrons. The molecule has 2 aromatic heterocycles. The Labute approximate surface area is 121 Å². The number of nitrogens with one attached hydrogen (secondary N) is 1. The van der Waals surface area contributed by atoms with E-state index in [0.717, 1.165) is 22.5 Å². The van der Waals surface area contributed by atoms with E-state index in [4.69, 9.17) is 5.73 Å². The van der Waals surface area contributed by atoms with Gasteiger partial charge in [-0.1, -0.05) is 6.07 Å². The van der Waals surface area contributed by atoms with E-state index >= 15 is 0 Å². The number of aromatic nitrogens is 2. The fourth-order valence-corrected chi connectivity index (χ4v) is 2.63. The van der Waals surface area contributed by atoms with Gasteiger partial charge in [-0.15, -0.1) is 0 Å². The predicted molar refractivity (Wildman–Crippen MR) is 84.2 cm³/mol. The zero-order valence-electron chi connectivity index (χ0n) is 11.0. The van der Waals surface area contributed by atoms with Gasteiger partial charge in [-0.3, -0.25) is 0 Å². The van der Waals surface area contributed by atoms with E-state index in [2.05, 4.69) is 26.7 Å². The van der Waals surface area contributed by atoms with Crippen molar-refractivity contribution >= 4 is 28.7 Å². The number of benzene rings is 1. The van der Waals surface area contributed by atoms with Crippen LogP contribution in [0.3, 0.4) is 0 Å². The van der Waals surface area contributed by atoms with E-state index in [9.17, 15) is 0 Å². The second kappa shape index (κ2) is 5.30. The Hall–Kier alpha value is -2.40. The van der Waals surface area contributed by atoms with Crippen molar-refractivity contribution in [2.45, 2.75) is 6.92 Å². The number of hydrogen-bond acceptors (Lipinski definition) is 5. The van der Waals surface area contributed by atoms with Crippen LogP contribution in [0.15, 0.2) is 47.3 Å². The van der Waals surface area contributed by atoms with E-state index in [0.29, 0.717) is 11.6 Å². The van der Waals surface area contributed by atoms with Crippen molar-refractivity contribution in [1.29, 1.82) is 0 Å². The van der Waals surface area contributed by atoms with Crippen molar-refractivity contribution in [2.75, 3.05) is 11.1 Å². The smallest absolute Gasteiger partial charge is 0.227 e. The molecule has 2 heterocycles. The summed E-state index contributed by atoms with van der Waals surface area (Å²) in [5.74, 6) is 0.576. The third-order valence-electron chi connectivity index (χ3n) is 2.95. The number of anilines is 3. The first kappa shape index (κ1) is 12.6. The molecule has 0 unspecified atom stereocenters. The highest BCUT2D eigenvalue weighted by Crippen LogP contribution is 2.25. The molecule has 0 saturated carbocycles. The Morgan fingerprint density at radius 2 is 2.15 bits per heavy atom. The second-order valence-corrected chi connectivity index (χ2v) is 5.24. The molecule has 5 heteroatoms. The lowest BCUT2D eigenvalue weighted by Gasteiger charge is -2.08. The highest BCUT2D eigenvalue weighted by Gasteiger charge is 2.06. The number of nitrogen functional groups attached to an aromatic ring is 1. The molecular formula is C15H14N4S. The minimum absolute atomic E-state index is 0.576. The molecule has 100 valence electrons. The quantitative estimate of drug-likeness (QED) is 0.716. The first-order chi connectivity index (χ1) is 9.72. The van der Waals surface area contributed by atoms with Gasteiger partial charge in [0.15, 0.2) is 0 Å². The van der Waals surface area contributed by atoms with E-state index in [1.54, 1.807) is 11.3 Å². The van der Waals surface area contributed by atoms with E-state index < -0.39 is 0 Å². The Morgan fingerprint density at radius 3 is 2.85 bits per heavy atom. The van der Waals surface area contributed by atoms with Gasteiger partial charge in [-0.25, -0.2) is 9.97 Å². The van der Waals surface area contributed by atoms with E-state index in [1.807, 2.05) is 42.8 Å². The molecular weight excluding hydrogens is 268 g/mol. The van der Waals surface area contributed by atoms with Crippen LogP contribution in [-0.4, -0.2) is 9.97 Å². The molecule has 0 spiro atoms. The van der Waals surface area contributed by atoms with Crippen molar-refractivity contribution in [1.82, 2.24) is 9.97 Å². The zero-order chi connectivity index (χ0) is 13.9. The molecule has 0 aliphatic heterocycles. The lowest BCUT2D eigenvalue weighted by molar-refractivity contribution is 1.11. The Balaban J connectivity index is 1.87. The van der Waals surface area contributed by atoms with Gasteiger partial charge in [0.2, 0.25) is 5.95 Å². The summed E-state index contributed by atoms with van der Waals surface area (Å²) in [5.41, 5.74) is 10.5. The molecule has 0 amide bonds. The maximum Gasteiger partial charge on any atom is 0.227 e. The van der Waals surface area contributed by atoms with Crippen LogP contribution in [0.5, 0.6) is 0 Å².